The molecular formula is C20H32N2O3. The van der Waals surface area contributed by atoms with Gasteiger partial charge in [0.05, 0.1) is 14.2 Å². The Morgan fingerprint density at radius 3 is 2.00 bits per heavy atom. The third-order valence-electron chi connectivity index (χ3n) is 5.69. The third-order valence-corrected chi connectivity index (χ3v) is 5.69. The molecule has 1 saturated heterocycles. The maximum absolute atomic E-state index is 10.1. The highest BCUT2D eigenvalue weighted by Gasteiger charge is 2.24. The van der Waals surface area contributed by atoms with Gasteiger partial charge in [-0.05, 0) is 30.5 Å². The van der Waals surface area contributed by atoms with Crippen LogP contribution in [0.15, 0.2) is 12.1 Å². The average Bonchev–Trinajstić information content (AvgIpc) is 2.93. The third kappa shape index (κ3) is 4.59. The van der Waals surface area contributed by atoms with E-state index in [2.05, 4.69) is 9.80 Å². The molecule has 1 saturated carbocycles. The van der Waals surface area contributed by atoms with Crippen LogP contribution in [0.3, 0.4) is 0 Å². The van der Waals surface area contributed by atoms with Gasteiger partial charge in [-0.3, -0.25) is 9.80 Å². The maximum Gasteiger partial charge on any atom is 0.200 e. The second-order valence-electron chi connectivity index (χ2n) is 7.31. The topological polar surface area (TPSA) is 45.2 Å². The van der Waals surface area contributed by atoms with Gasteiger partial charge in [0.15, 0.2) is 11.5 Å². The van der Waals surface area contributed by atoms with Crippen molar-refractivity contribution >= 4 is 0 Å². The summed E-state index contributed by atoms with van der Waals surface area (Å²) >= 11 is 0. The lowest BCUT2D eigenvalue weighted by atomic mass is 10.1. The van der Waals surface area contributed by atoms with Gasteiger partial charge >= 0.3 is 0 Å². The Kier molecular flexibility index (Phi) is 6.43. The zero-order valence-electron chi connectivity index (χ0n) is 15.7. The smallest absolute Gasteiger partial charge is 0.200 e. The van der Waals surface area contributed by atoms with E-state index in [1.54, 1.807) is 14.2 Å². The number of piperazine rings is 1. The van der Waals surface area contributed by atoms with Crippen molar-refractivity contribution in [2.45, 2.75) is 51.1 Å². The Hall–Kier alpha value is -1.46. The summed E-state index contributed by atoms with van der Waals surface area (Å²) in [6.07, 6.45) is 8.40. The van der Waals surface area contributed by atoms with Crippen molar-refractivity contribution < 1.29 is 14.6 Å². The molecule has 1 heterocycles. The molecule has 2 fully saturated rings. The fraction of sp³-hybridized carbons (Fsp3) is 0.700. The summed E-state index contributed by atoms with van der Waals surface area (Å²) < 4.78 is 10.5. The van der Waals surface area contributed by atoms with Crippen LogP contribution in [0.1, 0.15) is 44.1 Å². The number of aromatic hydroxyl groups is 1. The van der Waals surface area contributed by atoms with Gasteiger partial charge in [0.25, 0.3) is 0 Å². The van der Waals surface area contributed by atoms with Crippen LogP contribution < -0.4 is 9.47 Å². The molecule has 5 heteroatoms. The molecule has 25 heavy (non-hydrogen) atoms. The lowest BCUT2D eigenvalue weighted by Crippen LogP contribution is -2.49. The molecule has 1 N–H and O–H groups in total. The van der Waals surface area contributed by atoms with E-state index in [9.17, 15) is 5.11 Å². The Morgan fingerprint density at radius 2 is 1.48 bits per heavy atom. The van der Waals surface area contributed by atoms with Gasteiger partial charge in [0.1, 0.15) is 0 Å². The Labute approximate surface area is 151 Å². The van der Waals surface area contributed by atoms with E-state index in [4.69, 9.17) is 9.47 Å². The van der Waals surface area contributed by atoms with Crippen LogP contribution in [0.2, 0.25) is 0 Å². The number of rotatable bonds is 5. The number of phenolic OH excluding ortho intramolecular Hbond substituents is 1. The fourth-order valence-corrected chi connectivity index (χ4v) is 4.21. The highest BCUT2D eigenvalue weighted by molar-refractivity contribution is 5.52. The van der Waals surface area contributed by atoms with Crippen LogP contribution in [0.5, 0.6) is 17.2 Å². The summed E-state index contributed by atoms with van der Waals surface area (Å²) in [6, 6.07) is 4.63. The molecule has 0 bridgehead atoms. The van der Waals surface area contributed by atoms with Gasteiger partial charge in [-0.25, -0.2) is 0 Å². The Balaban J connectivity index is 1.57. The van der Waals surface area contributed by atoms with Gasteiger partial charge in [-0.1, -0.05) is 25.7 Å². The number of methoxy groups -OCH3 is 2. The summed E-state index contributed by atoms with van der Waals surface area (Å²) in [5, 5.41) is 10.1. The Morgan fingerprint density at radius 1 is 0.920 bits per heavy atom. The molecule has 0 radical (unpaired) electrons. The van der Waals surface area contributed by atoms with Crippen molar-refractivity contribution in [3.8, 4) is 17.2 Å². The van der Waals surface area contributed by atoms with E-state index < -0.39 is 0 Å². The summed E-state index contributed by atoms with van der Waals surface area (Å²) in [5.74, 6) is 1.03. The first-order chi connectivity index (χ1) is 12.2. The molecule has 0 amide bonds. The molecule has 1 aliphatic carbocycles. The van der Waals surface area contributed by atoms with Crippen LogP contribution in [-0.4, -0.2) is 61.3 Å². The first-order valence-corrected chi connectivity index (χ1v) is 9.61. The molecule has 3 rings (SSSR count). The molecule has 2 aliphatic rings. The van der Waals surface area contributed by atoms with Crippen LogP contribution in [0.4, 0.5) is 0 Å². The van der Waals surface area contributed by atoms with Crippen LogP contribution >= 0.6 is 0 Å². The van der Waals surface area contributed by atoms with Crippen LogP contribution in [0, 0.1) is 0 Å². The minimum absolute atomic E-state index is 0.0759. The quantitative estimate of drug-likeness (QED) is 0.828. The second-order valence-corrected chi connectivity index (χ2v) is 7.31. The zero-order chi connectivity index (χ0) is 17.6. The lowest BCUT2D eigenvalue weighted by Gasteiger charge is -2.39. The summed E-state index contributed by atoms with van der Waals surface area (Å²) in [7, 11) is 3.15. The molecule has 1 aromatic rings. The first-order valence-electron chi connectivity index (χ1n) is 9.61. The predicted octanol–water partition coefficient (Wildman–Crippen LogP) is 3.25. The van der Waals surface area contributed by atoms with Gasteiger partial charge in [-0.2, -0.15) is 0 Å². The van der Waals surface area contributed by atoms with Gasteiger partial charge < -0.3 is 14.6 Å². The van der Waals surface area contributed by atoms with E-state index in [1.165, 1.54) is 38.5 Å². The standard InChI is InChI=1S/C20H32N2O3/c1-24-18-13-16(14-19(25-2)20(18)23)15-21-9-11-22(12-10-21)17-7-5-3-4-6-8-17/h13-14,17,23H,3-12,15H2,1-2H3. The van der Waals surface area contributed by atoms with Crippen molar-refractivity contribution in [2.75, 3.05) is 40.4 Å². The van der Waals surface area contributed by atoms with Crippen molar-refractivity contribution in [1.82, 2.24) is 9.80 Å². The van der Waals surface area contributed by atoms with Crippen molar-refractivity contribution in [3.05, 3.63) is 17.7 Å². The largest absolute Gasteiger partial charge is 0.502 e. The average molecular weight is 348 g/mol. The molecule has 5 nitrogen and oxygen atoms in total. The number of hydrogen-bond acceptors (Lipinski definition) is 5. The number of hydrogen-bond donors (Lipinski definition) is 1. The molecule has 1 aromatic carbocycles. The molecular weight excluding hydrogens is 316 g/mol. The van der Waals surface area contributed by atoms with Gasteiger partial charge in [-0.15, -0.1) is 0 Å². The minimum atomic E-state index is 0.0759. The lowest BCUT2D eigenvalue weighted by molar-refractivity contribution is 0.0850. The van der Waals surface area contributed by atoms with E-state index >= 15 is 0 Å². The molecule has 0 unspecified atom stereocenters. The number of phenols is 1. The normalized spacial score (nSPS) is 21.0. The monoisotopic (exact) mass is 348 g/mol. The highest BCUT2D eigenvalue weighted by Crippen LogP contribution is 2.37. The number of nitrogens with zero attached hydrogens (tertiary/aromatic N) is 2. The molecule has 0 aromatic heterocycles. The SMILES string of the molecule is COc1cc(CN2CCN(C3CCCCCC3)CC2)cc(OC)c1O. The fourth-order valence-electron chi connectivity index (χ4n) is 4.21. The Bertz CT molecular complexity index is 523. The molecule has 0 atom stereocenters. The molecule has 140 valence electrons. The summed E-state index contributed by atoms with van der Waals surface area (Å²) in [5.41, 5.74) is 1.12. The number of ether oxygens (including phenoxy) is 2. The van der Waals surface area contributed by atoms with E-state index in [-0.39, 0.29) is 5.75 Å². The van der Waals surface area contributed by atoms with E-state index in [1.807, 2.05) is 12.1 Å². The van der Waals surface area contributed by atoms with Crippen LogP contribution in [0.25, 0.3) is 0 Å². The van der Waals surface area contributed by atoms with Gasteiger partial charge in [0.2, 0.25) is 5.75 Å². The molecule has 0 spiro atoms. The highest BCUT2D eigenvalue weighted by atomic mass is 16.5. The van der Waals surface area contributed by atoms with E-state index in [0.29, 0.717) is 11.5 Å². The van der Waals surface area contributed by atoms with Gasteiger partial charge in [0, 0.05) is 38.8 Å². The van der Waals surface area contributed by atoms with E-state index in [0.717, 1.165) is 44.3 Å². The maximum atomic E-state index is 10.1. The van der Waals surface area contributed by atoms with Crippen molar-refractivity contribution in [2.24, 2.45) is 0 Å². The second kappa shape index (κ2) is 8.77. The molecule has 1 aliphatic heterocycles. The zero-order valence-corrected chi connectivity index (χ0v) is 15.7. The summed E-state index contributed by atoms with van der Waals surface area (Å²) in [4.78, 5) is 5.19. The van der Waals surface area contributed by atoms with Crippen LogP contribution in [-0.2, 0) is 6.54 Å². The number of benzene rings is 1. The predicted molar refractivity (Wildman–Crippen MR) is 99.6 cm³/mol. The minimum Gasteiger partial charge on any atom is -0.502 e. The first kappa shape index (κ1) is 18.3. The van der Waals surface area contributed by atoms with Crippen molar-refractivity contribution in [3.63, 3.8) is 0 Å². The summed E-state index contributed by atoms with van der Waals surface area (Å²) in [6.45, 7) is 5.39. The van der Waals surface area contributed by atoms with Crippen molar-refractivity contribution in [1.29, 1.82) is 0 Å².